The first-order valence-corrected chi connectivity index (χ1v) is 13.8. The minimum atomic E-state index is -1.64. The molecule has 38 heavy (non-hydrogen) atoms. The van der Waals surface area contributed by atoms with Gasteiger partial charge in [0.05, 0.1) is 19.1 Å². The number of nitrogens with zero attached hydrogens (tertiary/aromatic N) is 8. The molecule has 13 nitrogen and oxygen atoms in total. The van der Waals surface area contributed by atoms with Crippen LogP contribution >= 0.6 is 8.53 Å². The zero-order valence-corrected chi connectivity index (χ0v) is 23.7. The summed E-state index contributed by atoms with van der Waals surface area (Å²) in [6.07, 6.45) is 3.55. The number of amides is 1. The Morgan fingerprint density at radius 1 is 1.29 bits per heavy atom. The summed E-state index contributed by atoms with van der Waals surface area (Å²) in [5, 5.41) is 13.1. The Morgan fingerprint density at radius 3 is 2.58 bits per heavy atom. The average Bonchev–Trinajstić information content (AvgIpc) is 3.55. The number of likely N-dealkylation sites (N-methyl/N-ethyl adjacent to an activating group) is 1. The standard InChI is InChI=1S/C24H35N8O5P/c1-8-24-19(37-38(35-11-9-10-25)32(15(2)3)16(4)5)18(29(7)22(24)33)21(36-24)30-12-17(6)20(28-23(30)34)31-14-26-13-27-31/h12-16,18-19,21H,8-9,11H2,1-7H3/t18-,19?,21+,24-,38?/m0/s1. The molecule has 2 aliphatic heterocycles. The Balaban J connectivity index is 1.73. The van der Waals surface area contributed by atoms with Gasteiger partial charge in [0.25, 0.3) is 14.4 Å². The molecule has 2 unspecified atom stereocenters. The summed E-state index contributed by atoms with van der Waals surface area (Å²) in [7, 11) is 0.0567. The zero-order valence-electron chi connectivity index (χ0n) is 22.8. The van der Waals surface area contributed by atoms with Gasteiger partial charge in [-0.1, -0.05) is 6.92 Å². The van der Waals surface area contributed by atoms with Gasteiger partial charge in [0.1, 0.15) is 24.8 Å². The maximum absolute atomic E-state index is 13.5. The smallest absolute Gasteiger partial charge is 0.336 e. The minimum Gasteiger partial charge on any atom is -0.336 e. The van der Waals surface area contributed by atoms with Crippen LogP contribution in [-0.2, 0) is 18.6 Å². The molecule has 0 aromatic carbocycles. The van der Waals surface area contributed by atoms with Crippen molar-refractivity contribution in [3.63, 3.8) is 0 Å². The number of likely N-dealkylation sites (tertiary alicyclic amines) is 1. The molecule has 0 aliphatic carbocycles. The molecule has 5 atom stereocenters. The van der Waals surface area contributed by atoms with Crippen molar-refractivity contribution in [2.45, 2.75) is 90.4 Å². The van der Waals surface area contributed by atoms with E-state index in [9.17, 15) is 9.59 Å². The normalized spacial score (nSPS) is 25.7. The van der Waals surface area contributed by atoms with Gasteiger partial charge in [-0.3, -0.25) is 9.36 Å². The fourth-order valence-electron chi connectivity index (χ4n) is 5.26. The van der Waals surface area contributed by atoms with Crippen molar-refractivity contribution in [3.8, 4) is 11.9 Å². The lowest BCUT2D eigenvalue weighted by Crippen LogP contribution is -2.50. The number of hydrogen-bond donors (Lipinski definition) is 0. The third-order valence-electron chi connectivity index (χ3n) is 6.93. The minimum absolute atomic E-state index is 0.0868. The Bertz CT molecular complexity index is 1240. The quantitative estimate of drug-likeness (QED) is 0.305. The number of ether oxygens (including phenoxy) is 1. The second-order valence-electron chi connectivity index (χ2n) is 10.0. The Morgan fingerprint density at radius 2 is 2.00 bits per heavy atom. The van der Waals surface area contributed by atoms with Crippen LogP contribution in [0.4, 0.5) is 0 Å². The van der Waals surface area contributed by atoms with E-state index >= 15 is 0 Å². The highest BCUT2D eigenvalue weighted by Gasteiger charge is 2.69. The van der Waals surface area contributed by atoms with Crippen LogP contribution in [0, 0.1) is 18.3 Å². The lowest BCUT2D eigenvalue weighted by Gasteiger charge is -2.38. The number of carbonyl (C=O) groups is 1. The number of aromatic nitrogens is 5. The molecule has 0 N–H and O–H groups in total. The number of rotatable bonds is 11. The number of aryl methyl sites for hydroxylation is 1. The number of carbonyl (C=O) groups excluding carboxylic acids is 1. The summed E-state index contributed by atoms with van der Waals surface area (Å²) >= 11 is 0. The third-order valence-corrected chi connectivity index (χ3v) is 9.04. The summed E-state index contributed by atoms with van der Waals surface area (Å²) in [5.74, 6) is 0.170. The van der Waals surface area contributed by atoms with Crippen molar-refractivity contribution >= 4 is 14.4 Å². The summed E-state index contributed by atoms with van der Waals surface area (Å²) in [6.45, 7) is 12.1. The van der Waals surface area contributed by atoms with E-state index in [1.54, 1.807) is 18.1 Å². The molecule has 4 heterocycles. The number of nitriles is 1. The van der Waals surface area contributed by atoms with Crippen LogP contribution < -0.4 is 5.69 Å². The summed E-state index contributed by atoms with van der Waals surface area (Å²) in [6, 6.07) is 1.68. The molecule has 2 fully saturated rings. The van der Waals surface area contributed by atoms with Gasteiger partial charge in [-0.2, -0.15) is 15.3 Å². The van der Waals surface area contributed by atoms with Gasteiger partial charge >= 0.3 is 5.69 Å². The molecule has 14 heteroatoms. The molecule has 2 aromatic heterocycles. The largest absolute Gasteiger partial charge is 0.351 e. The van der Waals surface area contributed by atoms with Gasteiger partial charge < -0.3 is 18.7 Å². The van der Waals surface area contributed by atoms with Gasteiger partial charge in [-0.15, -0.1) is 0 Å². The molecule has 4 rings (SSSR count). The molecule has 2 saturated heterocycles. The highest BCUT2D eigenvalue weighted by Crippen LogP contribution is 2.56. The highest BCUT2D eigenvalue weighted by atomic mass is 31.2. The Kier molecular flexibility index (Phi) is 8.30. The monoisotopic (exact) mass is 546 g/mol. The van der Waals surface area contributed by atoms with E-state index in [4.69, 9.17) is 19.0 Å². The summed E-state index contributed by atoms with van der Waals surface area (Å²) in [5.41, 5.74) is -1.14. The van der Waals surface area contributed by atoms with Crippen LogP contribution in [0.25, 0.3) is 5.82 Å². The topological polar surface area (TPSA) is 141 Å². The van der Waals surface area contributed by atoms with Gasteiger partial charge in [0.15, 0.2) is 17.6 Å². The van der Waals surface area contributed by atoms with Crippen molar-refractivity contribution in [2.24, 2.45) is 0 Å². The fraction of sp³-hybridized carbons (Fsp3) is 0.667. The van der Waals surface area contributed by atoms with Crippen LogP contribution in [0.2, 0.25) is 0 Å². The first-order valence-electron chi connectivity index (χ1n) is 12.7. The molecule has 0 radical (unpaired) electrons. The van der Waals surface area contributed by atoms with Gasteiger partial charge in [-0.25, -0.2) is 19.1 Å². The molecule has 206 valence electrons. The zero-order chi connectivity index (χ0) is 27.8. The van der Waals surface area contributed by atoms with Gasteiger partial charge in [0.2, 0.25) is 0 Å². The SMILES string of the molecule is CC[C@]12O[C@@H](n3cc(C)c(-n4cncn4)nc3=O)[C@H](C1OP(OCCC#N)N(C(C)C)C(C)C)N(C)C2=O. The van der Waals surface area contributed by atoms with Crippen LogP contribution in [0.1, 0.15) is 59.3 Å². The first-order chi connectivity index (χ1) is 18.1. The fourth-order valence-corrected chi connectivity index (χ4v) is 7.06. The van der Waals surface area contributed by atoms with Crippen LogP contribution in [0.5, 0.6) is 0 Å². The molecule has 1 amide bonds. The van der Waals surface area contributed by atoms with Crippen LogP contribution in [0.15, 0.2) is 23.6 Å². The van der Waals surface area contributed by atoms with E-state index in [0.717, 1.165) is 0 Å². The van der Waals surface area contributed by atoms with Gasteiger partial charge in [0, 0.05) is 30.9 Å². The Labute approximate surface area is 223 Å². The van der Waals surface area contributed by atoms with Crippen molar-refractivity contribution in [3.05, 3.63) is 34.9 Å². The predicted octanol–water partition coefficient (Wildman–Crippen LogP) is 2.31. The van der Waals surface area contributed by atoms with E-state index in [1.807, 2.05) is 41.5 Å². The molecule has 0 spiro atoms. The molecule has 0 saturated carbocycles. The van der Waals surface area contributed by atoms with Crippen LogP contribution in [-0.4, -0.2) is 83.3 Å². The predicted molar refractivity (Wildman–Crippen MR) is 138 cm³/mol. The van der Waals surface area contributed by atoms with E-state index in [1.165, 1.54) is 21.9 Å². The average molecular weight is 547 g/mol. The van der Waals surface area contributed by atoms with Crippen LogP contribution in [0.3, 0.4) is 0 Å². The molecular formula is C24H35N8O5P. The molecule has 2 aromatic rings. The number of morpholine rings is 1. The van der Waals surface area contributed by atoms with E-state index in [2.05, 4.69) is 25.8 Å². The van der Waals surface area contributed by atoms with Crippen molar-refractivity contribution in [2.75, 3.05) is 13.7 Å². The second-order valence-corrected chi connectivity index (χ2v) is 11.4. The number of fused-ring (bicyclic) bond motifs is 2. The Hall–Kier alpha value is -2.75. The van der Waals surface area contributed by atoms with E-state index < -0.39 is 38.2 Å². The summed E-state index contributed by atoms with van der Waals surface area (Å²) in [4.78, 5) is 36.4. The second kappa shape index (κ2) is 11.2. The molecule has 2 bridgehead atoms. The van der Waals surface area contributed by atoms with Gasteiger partial charge in [-0.05, 0) is 41.0 Å². The third kappa shape index (κ3) is 4.76. The maximum Gasteiger partial charge on any atom is 0.351 e. The molecular weight excluding hydrogens is 511 g/mol. The van der Waals surface area contributed by atoms with Crippen molar-refractivity contribution in [1.82, 2.24) is 33.9 Å². The lowest BCUT2D eigenvalue weighted by molar-refractivity contribution is -0.175. The van der Waals surface area contributed by atoms with E-state index in [-0.39, 0.29) is 31.0 Å². The van der Waals surface area contributed by atoms with E-state index in [0.29, 0.717) is 17.8 Å². The highest BCUT2D eigenvalue weighted by molar-refractivity contribution is 7.44. The van der Waals surface area contributed by atoms with Crippen molar-refractivity contribution in [1.29, 1.82) is 5.26 Å². The molecule has 2 aliphatic rings. The van der Waals surface area contributed by atoms with Crippen molar-refractivity contribution < 1.29 is 18.6 Å². The maximum atomic E-state index is 13.5. The number of hydrogen-bond acceptors (Lipinski definition) is 10. The first kappa shape index (κ1) is 28.3. The lowest BCUT2D eigenvalue weighted by atomic mass is 9.96. The summed E-state index contributed by atoms with van der Waals surface area (Å²) < 4.78 is 24.2.